The topological polar surface area (TPSA) is 12.0 Å². The van der Waals surface area contributed by atoms with Crippen LogP contribution in [0.25, 0.3) is 0 Å². The van der Waals surface area contributed by atoms with E-state index in [1.807, 2.05) is 0 Å². The summed E-state index contributed by atoms with van der Waals surface area (Å²) in [6.07, 6.45) is 0. The van der Waals surface area contributed by atoms with Crippen molar-refractivity contribution in [1.29, 1.82) is 0 Å². The van der Waals surface area contributed by atoms with Crippen LogP contribution in [0.15, 0.2) is 24.3 Å². The summed E-state index contributed by atoms with van der Waals surface area (Å²) in [4.78, 5) is 0. The second kappa shape index (κ2) is 3.32. The lowest BCUT2D eigenvalue weighted by Gasteiger charge is -1.99. The second-order valence-electron chi connectivity index (χ2n) is 2.02. The minimum atomic E-state index is -0.182. The summed E-state index contributed by atoms with van der Waals surface area (Å²) in [5.74, 6) is -0.182. The van der Waals surface area contributed by atoms with E-state index in [9.17, 15) is 4.39 Å². The van der Waals surface area contributed by atoms with Gasteiger partial charge in [-0.15, -0.1) is 0 Å². The Kier molecular flexibility index (Phi) is 2.40. The Balaban J connectivity index is 2.81. The van der Waals surface area contributed by atoms with Gasteiger partial charge >= 0.3 is 0 Å². The van der Waals surface area contributed by atoms with Crippen LogP contribution in [0.4, 0.5) is 4.39 Å². The molecule has 1 aromatic rings. The Bertz CT molecular complexity index is 210. The molecule has 1 nitrogen and oxygen atoms in total. The van der Waals surface area contributed by atoms with Gasteiger partial charge in [0.1, 0.15) is 5.82 Å². The van der Waals surface area contributed by atoms with Crippen LogP contribution in [0.1, 0.15) is 5.56 Å². The molecule has 10 heavy (non-hydrogen) atoms. The normalized spacial score (nSPS) is 9.80. The van der Waals surface area contributed by atoms with Gasteiger partial charge in [0.05, 0.1) is 0 Å². The maximum absolute atomic E-state index is 12.7. The van der Waals surface area contributed by atoms with Crippen LogP contribution in [0.2, 0.25) is 0 Å². The van der Waals surface area contributed by atoms with Crippen molar-refractivity contribution in [2.45, 2.75) is 6.54 Å². The van der Waals surface area contributed by atoms with Crippen molar-refractivity contribution in [3.05, 3.63) is 42.7 Å². The molecular formula is C8H9FN. The van der Waals surface area contributed by atoms with Crippen LogP contribution in [0.5, 0.6) is 0 Å². The van der Waals surface area contributed by atoms with E-state index in [0.717, 1.165) is 0 Å². The number of rotatable bonds is 2. The van der Waals surface area contributed by atoms with Crippen molar-refractivity contribution < 1.29 is 4.39 Å². The fraction of sp³-hybridized carbons (Fsp3) is 0.125. The summed E-state index contributed by atoms with van der Waals surface area (Å²) in [5, 5.41) is 2.63. The first kappa shape index (κ1) is 7.22. The van der Waals surface area contributed by atoms with Crippen molar-refractivity contribution in [3.8, 4) is 0 Å². The Labute approximate surface area is 59.9 Å². The third kappa shape index (κ3) is 1.54. The highest BCUT2D eigenvalue weighted by Crippen LogP contribution is 2.04. The van der Waals surface area contributed by atoms with E-state index in [-0.39, 0.29) is 5.82 Å². The van der Waals surface area contributed by atoms with Crippen molar-refractivity contribution in [1.82, 2.24) is 5.32 Å². The molecule has 0 heterocycles. The van der Waals surface area contributed by atoms with E-state index in [1.54, 1.807) is 18.2 Å². The van der Waals surface area contributed by atoms with Crippen molar-refractivity contribution in [2.75, 3.05) is 0 Å². The van der Waals surface area contributed by atoms with Gasteiger partial charge < -0.3 is 5.32 Å². The minimum absolute atomic E-state index is 0.182. The standard InChI is InChI=1S/C8H9FN/c1-10-6-7-4-2-3-5-8(7)9/h2-5,10H,1,6H2. The fourth-order valence-corrected chi connectivity index (χ4v) is 0.776. The first-order valence-electron chi connectivity index (χ1n) is 3.08. The zero-order valence-corrected chi connectivity index (χ0v) is 5.60. The van der Waals surface area contributed by atoms with E-state index >= 15 is 0 Å². The van der Waals surface area contributed by atoms with E-state index in [0.29, 0.717) is 12.1 Å². The SMILES string of the molecule is [CH2]NCc1ccccc1F. The molecule has 0 amide bonds. The molecular weight excluding hydrogens is 129 g/mol. The van der Waals surface area contributed by atoms with Crippen LogP contribution < -0.4 is 5.32 Å². The Morgan fingerprint density at radius 2 is 2.10 bits per heavy atom. The largest absolute Gasteiger partial charge is 0.311 e. The molecule has 1 radical (unpaired) electrons. The molecule has 2 heteroatoms. The van der Waals surface area contributed by atoms with E-state index < -0.39 is 0 Å². The molecule has 0 aliphatic carbocycles. The molecule has 0 atom stereocenters. The van der Waals surface area contributed by atoms with Gasteiger partial charge in [-0.2, -0.15) is 0 Å². The third-order valence-electron chi connectivity index (χ3n) is 1.27. The molecule has 0 fully saturated rings. The fourth-order valence-electron chi connectivity index (χ4n) is 0.776. The summed E-state index contributed by atoms with van der Waals surface area (Å²) >= 11 is 0. The average Bonchev–Trinajstić information content (AvgIpc) is 1.94. The first-order chi connectivity index (χ1) is 4.84. The molecule has 0 aliphatic rings. The highest BCUT2D eigenvalue weighted by molar-refractivity contribution is 5.16. The number of halogens is 1. The molecule has 0 aromatic heterocycles. The van der Waals surface area contributed by atoms with Crippen molar-refractivity contribution in [2.24, 2.45) is 0 Å². The lowest BCUT2D eigenvalue weighted by molar-refractivity contribution is 0.603. The highest BCUT2D eigenvalue weighted by atomic mass is 19.1. The second-order valence-corrected chi connectivity index (χ2v) is 2.02. The van der Waals surface area contributed by atoms with Gasteiger partial charge in [-0.05, 0) is 6.07 Å². The lowest BCUT2D eigenvalue weighted by atomic mass is 10.2. The van der Waals surface area contributed by atoms with E-state index in [4.69, 9.17) is 0 Å². The zero-order chi connectivity index (χ0) is 7.40. The van der Waals surface area contributed by atoms with Gasteiger partial charge in [-0.25, -0.2) is 4.39 Å². The molecule has 0 aliphatic heterocycles. The maximum Gasteiger partial charge on any atom is 0.127 e. The Morgan fingerprint density at radius 1 is 1.40 bits per heavy atom. The van der Waals surface area contributed by atoms with Gasteiger partial charge in [0.15, 0.2) is 0 Å². The molecule has 0 saturated carbocycles. The van der Waals surface area contributed by atoms with Crippen LogP contribution in [0.3, 0.4) is 0 Å². The molecule has 0 saturated heterocycles. The van der Waals surface area contributed by atoms with Gasteiger partial charge in [-0.1, -0.05) is 18.2 Å². The lowest BCUT2D eigenvalue weighted by Crippen LogP contribution is -2.03. The highest BCUT2D eigenvalue weighted by Gasteiger charge is 1.96. The summed E-state index contributed by atoms with van der Waals surface area (Å²) in [6.45, 7) is 0.479. The monoisotopic (exact) mass is 138 g/mol. The number of hydrogen-bond donors (Lipinski definition) is 1. The zero-order valence-electron chi connectivity index (χ0n) is 5.60. The molecule has 53 valence electrons. The first-order valence-corrected chi connectivity index (χ1v) is 3.08. The van der Waals surface area contributed by atoms with Gasteiger partial charge in [0, 0.05) is 19.2 Å². The molecule has 0 bridgehead atoms. The Morgan fingerprint density at radius 3 is 2.70 bits per heavy atom. The van der Waals surface area contributed by atoms with Crippen LogP contribution in [0, 0.1) is 12.9 Å². The molecule has 1 rings (SSSR count). The maximum atomic E-state index is 12.7. The van der Waals surface area contributed by atoms with E-state index in [1.165, 1.54) is 6.07 Å². The summed E-state index contributed by atoms with van der Waals surface area (Å²) in [7, 11) is 3.41. The smallest absolute Gasteiger partial charge is 0.127 e. The van der Waals surface area contributed by atoms with Crippen LogP contribution >= 0.6 is 0 Å². The Hall–Kier alpha value is -0.890. The summed E-state index contributed by atoms with van der Waals surface area (Å²) in [6, 6.07) is 6.64. The summed E-state index contributed by atoms with van der Waals surface area (Å²) in [5.41, 5.74) is 0.650. The van der Waals surface area contributed by atoms with Gasteiger partial charge in [0.2, 0.25) is 0 Å². The minimum Gasteiger partial charge on any atom is -0.311 e. The van der Waals surface area contributed by atoms with E-state index in [2.05, 4.69) is 12.4 Å². The third-order valence-corrected chi connectivity index (χ3v) is 1.27. The average molecular weight is 138 g/mol. The number of nitrogens with one attached hydrogen (secondary N) is 1. The summed E-state index contributed by atoms with van der Waals surface area (Å²) < 4.78 is 12.7. The van der Waals surface area contributed by atoms with Crippen LogP contribution in [-0.4, -0.2) is 0 Å². The molecule has 1 aromatic carbocycles. The van der Waals surface area contributed by atoms with Gasteiger partial charge in [0.25, 0.3) is 0 Å². The quantitative estimate of drug-likeness (QED) is 0.656. The molecule has 1 N–H and O–H groups in total. The van der Waals surface area contributed by atoms with Crippen molar-refractivity contribution in [3.63, 3.8) is 0 Å². The molecule has 0 unspecified atom stereocenters. The molecule has 0 spiro atoms. The number of hydrogen-bond acceptors (Lipinski definition) is 1. The van der Waals surface area contributed by atoms with Crippen LogP contribution in [-0.2, 0) is 6.54 Å². The predicted molar refractivity (Wildman–Crippen MR) is 38.6 cm³/mol. The predicted octanol–water partition coefficient (Wildman–Crippen LogP) is 1.71. The van der Waals surface area contributed by atoms with Crippen molar-refractivity contribution >= 4 is 0 Å². The van der Waals surface area contributed by atoms with Gasteiger partial charge in [-0.3, -0.25) is 0 Å². The number of benzene rings is 1.